The van der Waals surface area contributed by atoms with E-state index in [1.807, 2.05) is 0 Å². The summed E-state index contributed by atoms with van der Waals surface area (Å²) in [5.41, 5.74) is 4.36. The van der Waals surface area contributed by atoms with Crippen LogP contribution in [-0.4, -0.2) is 23.9 Å². The lowest BCUT2D eigenvalue weighted by Crippen LogP contribution is -2.30. The number of amides is 2. The van der Waals surface area contributed by atoms with Gasteiger partial charge in [0, 0.05) is 11.3 Å². The first-order valence-electron chi connectivity index (χ1n) is 7.67. The Balaban J connectivity index is 2.01. The van der Waals surface area contributed by atoms with Crippen molar-refractivity contribution in [3.05, 3.63) is 65.2 Å². The van der Waals surface area contributed by atoms with Gasteiger partial charge in [-0.2, -0.15) is 13.2 Å². The van der Waals surface area contributed by atoms with Gasteiger partial charge in [0.1, 0.15) is 0 Å². The van der Waals surface area contributed by atoms with E-state index in [0.717, 1.165) is 18.2 Å². The van der Waals surface area contributed by atoms with Crippen molar-refractivity contribution in [1.29, 1.82) is 0 Å². The summed E-state index contributed by atoms with van der Waals surface area (Å²) >= 11 is 0. The van der Waals surface area contributed by atoms with Crippen LogP contribution in [0.3, 0.4) is 0 Å². The number of alkyl halides is 3. The number of carbonyl (C=O) groups excluding carboxylic acids is 3. The zero-order chi connectivity index (χ0) is 20.2. The van der Waals surface area contributed by atoms with E-state index >= 15 is 0 Å². The molecule has 0 heterocycles. The number of benzene rings is 2. The first-order valence-corrected chi connectivity index (χ1v) is 7.67. The number of primary amides is 1. The van der Waals surface area contributed by atoms with Gasteiger partial charge in [0.05, 0.1) is 11.1 Å². The molecule has 0 aliphatic carbocycles. The second-order valence-electron chi connectivity index (χ2n) is 5.56. The molecule has 0 aliphatic heterocycles. The molecule has 2 aromatic rings. The minimum atomic E-state index is -4.60. The number of halogens is 3. The molecule has 2 rings (SSSR count). The van der Waals surface area contributed by atoms with Crippen LogP contribution in [0.15, 0.2) is 48.5 Å². The van der Waals surface area contributed by atoms with Crippen molar-refractivity contribution in [3.63, 3.8) is 0 Å². The van der Waals surface area contributed by atoms with Gasteiger partial charge in [-0.1, -0.05) is 6.07 Å². The first-order chi connectivity index (χ1) is 12.6. The zero-order valence-corrected chi connectivity index (χ0v) is 14.0. The summed E-state index contributed by atoms with van der Waals surface area (Å²) in [4.78, 5) is 35.0. The van der Waals surface area contributed by atoms with Gasteiger partial charge in [0.25, 0.3) is 5.91 Å². The minimum Gasteiger partial charge on any atom is -0.449 e. The van der Waals surface area contributed by atoms with E-state index in [9.17, 15) is 27.6 Å². The van der Waals surface area contributed by atoms with Crippen LogP contribution in [0, 0.1) is 0 Å². The fourth-order valence-corrected chi connectivity index (χ4v) is 2.07. The maximum absolute atomic E-state index is 12.7. The van der Waals surface area contributed by atoms with Gasteiger partial charge < -0.3 is 15.8 Å². The van der Waals surface area contributed by atoms with Crippen LogP contribution in [-0.2, 0) is 15.7 Å². The molecule has 1 atom stereocenters. The molecule has 2 aromatic carbocycles. The molecule has 0 aromatic heterocycles. The number of carbonyl (C=O) groups is 3. The van der Waals surface area contributed by atoms with Crippen LogP contribution >= 0.6 is 0 Å². The van der Waals surface area contributed by atoms with Gasteiger partial charge in [-0.15, -0.1) is 0 Å². The number of nitrogens with one attached hydrogen (secondary N) is 1. The number of rotatable bonds is 5. The van der Waals surface area contributed by atoms with Gasteiger partial charge in [0.15, 0.2) is 6.10 Å². The molecule has 0 fully saturated rings. The average molecular weight is 380 g/mol. The minimum absolute atomic E-state index is 0.247. The zero-order valence-electron chi connectivity index (χ0n) is 14.0. The number of esters is 1. The summed E-state index contributed by atoms with van der Waals surface area (Å²) in [6.07, 6.45) is -5.86. The van der Waals surface area contributed by atoms with E-state index < -0.39 is 35.6 Å². The Bertz CT molecular complexity index is 864. The molecular formula is C18H15F3N2O4. The standard InChI is InChI=1S/C18H15F3N2O4/c1-10(16(25)23-14-7-5-11(6-8-14)15(22)24)27-17(26)12-3-2-4-13(9-12)18(19,20)21/h2-10H,1H3,(H2,22,24)(H,23,25)/t10-/m1/s1. The Morgan fingerprint density at radius 2 is 1.67 bits per heavy atom. The monoisotopic (exact) mass is 380 g/mol. The molecule has 0 saturated heterocycles. The average Bonchev–Trinajstić information content (AvgIpc) is 2.61. The Morgan fingerprint density at radius 1 is 1.04 bits per heavy atom. The van der Waals surface area contributed by atoms with E-state index in [1.165, 1.54) is 31.2 Å². The number of hydrogen-bond acceptors (Lipinski definition) is 4. The second kappa shape index (κ2) is 7.90. The molecule has 27 heavy (non-hydrogen) atoms. The second-order valence-corrected chi connectivity index (χ2v) is 5.56. The summed E-state index contributed by atoms with van der Waals surface area (Å²) in [5, 5.41) is 2.45. The van der Waals surface area contributed by atoms with Crippen LogP contribution in [0.25, 0.3) is 0 Å². The summed E-state index contributed by atoms with van der Waals surface area (Å²) in [7, 11) is 0. The van der Waals surface area contributed by atoms with Crippen molar-refractivity contribution in [2.75, 3.05) is 5.32 Å². The lowest BCUT2D eigenvalue weighted by molar-refractivity contribution is -0.137. The topological polar surface area (TPSA) is 98.5 Å². The SMILES string of the molecule is C[C@@H](OC(=O)c1cccc(C(F)(F)F)c1)C(=O)Nc1ccc(C(N)=O)cc1. The molecule has 0 spiro atoms. The maximum Gasteiger partial charge on any atom is 0.416 e. The predicted molar refractivity (Wildman–Crippen MR) is 89.9 cm³/mol. The number of anilines is 1. The lowest BCUT2D eigenvalue weighted by Gasteiger charge is -2.14. The summed E-state index contributed by atoms with van der Waals surface area (Å²) in [6.45, 7) is 1.28. The van der Waals surface area contributed by atoms with Crippen molar-refractivity contribution >= 4 is 23.5 Å². The Labute approximate surface area is 152 Å². The lowest BCUT2D eigenvalue weighted by atomic mass is 10.1. The third-order valence-corrected chi connectivity index (χ3v) is 3.52. The highest BCUT2D eigenvalue weighted by Crippen LogP contribution is 2.29. The quantitative estimate of drug-likeness (QED) is 0.779. The van der Waals surface area contributed by atoms with Crippen LogP contribution in [0.4, 0.5) is 18.9 Å². The van der Waals surface area contributed by atoms with E-state index in [1.54, 1.807) is 0 Å². The first kappa shape index (κ1) is 20.0. The third-order valence-electron chi connectivity index (χ3n) is 3.52. The number of ether oxygens (including phenoxy) is 1. The van der Waals surface area contributed by atoms with E-state index in [4.69, 9.17) is 10.5 Å². The van der Waals surface area contributed by atoms with Gasteiger partial charge in [-0.05, 0) is 49.4 Å². The summed E-state index contributed by atoms with van der Waals surface area (Å²) in [6, 6.07) is 9.36. The maximum atomic E-state index is 12.7. The van der Waals surface area contributed by atoms with E-state index in [-0.39, 0.29) is 11.1 Å². The van der Waals surface area contributed by atoms with Crippen LogP contribution < -0.4 is 11.1 Å². The molecule has 0 saturated carbocycles. The van der Waals surface area contributed by atoms with Crippen LogP contribution in [0.5, 0.6) is 0 Å². The number of hydrogen-bond donors (Lipinski definition) is 2. The van der Waals surface area contributed by atoms with E-state index in [2.05, 4.69) is 5.32 Å². The van der Waals surface area contributed by atoms with Crippen molar-refractivity contribution in [1.82, 2.24) is 0 Å². The number of nitrogens with two attached hydrogens (primary N) is 1. The highest BCUT2D eigenvalue weighted by Gasteiger charge is 2.31. The van der Waals surface area contributed by atoms with Gasteiger partial charge in [-0.25, -0.2) is 4.79 Å². The fraction of sp³-hybridized carbons (Fsp3) is 0.167. The molecule has 0 unspecified atom stereocenters. The van der Waals surface area contributed by atoms with Gasteiger partial charge >= 0.3 is 12.1 Å². The van der Waals surface area contributed by atoms with E-state index in [0.29, 0.717) is 11.8 Å². The molecule has 2 amide bonds. The summed E-state index contributed by atoms with van der Waals surface area (Å²) < 4.78 is 43.0. The molecule has 9 heteroatoms. The van der Waals surface area contributed by atoms with Crippen molar-refractivity contribution in [3.8, 4) is 0 Å². The van der Waals surface area contributed by atoms with Crippen molar-refractivity contribution in [2.24, 2.45) is 5.73 Å². The molecule has 6 nitrogen and oxygen atoms in total. The highest BCUT2D eigenvalue weighted by molar-refractivity contribution is 5.98. The molecule has 0 aliphatic rings. The Hall–Kier alpha value is -3.36. The smallest absolute Gasteiger partial charge is 0.416 e. The Morgan fingerprint density at radius 3 is 2.22 bits per heavy atom. The highest BCUT2D eigenvalue weighted by atomic mass is 19.4. The van der Waals surface area contributed by atoms with Crippen LogP contribution in [0.2, 0.25) is 0 Å². The van der Waals surface area contributed by atoms with Crippen LogP contribution in [0.1, 0.15) is 33.2 Å². The Kier molecular flexibility index (Phi) is 5.84. The largest absolute Gasteiger partial charge is 0.449 e. The molecule has 0 bridgehead atoms. The van der Waals surface area contributed by atoms with Gasteiger partial charge in [0.2, 0.25) is 5.91 Å². The van der Waals surface area contributed by atoms with Gasteiger partial charge in [-0.3, -0.25) is 9.59 Å². The normalized spacial score (nSPS) is 12.1. The third kappa shape index (κ3) is 5.30. The summed E-state index contributed by atoms with van der Waals surface area (Å²) in [5.74, 6) is -2.38. The van der Waals surface area contributed by atoms with Crippen molar-refractivity contribution in [2.45, 2.75) is 19.2 Å². The predicted octanol–water partition coefficient (Wildman–Crippen LogP) is 2.99. The fourth-order valence-electron chi connectivity index (χ4n) is 2.07. The molecular weight excluding hydrogens is 365 g/mol. The molecule has 142 valence electrons. The van der Waals surface area contributed by atoms with Crippen molar-refractivity contribution < 1.29 is 32.3 Å². The molecule has 0 radical (unpaired) electrons. The molecule has 3 N–H and O–H groups in total.